The van der Waals surface area contributed by atoms with Gasteiger partial charge in [0, 0.05) is 5.56 Å². The summed E-state index contributed by atoms with van der Waals surface area (Å²) in [6.07, 6.45) is 0. The number of benzene rings is 2. The zero-order valence-electron chi connectivity index (χ0n) is 15.4. The van der Waals surface area contributed by atoms with E-state index in [4.69, 9.17) is 15.7 Å². The summed E-state index contributed by atoms with van der Waals surface area (Å²) in [5.74, 6) is 0.0481. The zero-order valence-corrected chi connectivity index (χ0v) is 16.2. The first-order valence-electron chi connectivity index (χ1n) is 8.45. The van der Waals surface area contributed by atoms with Crippen molar-refractivity contribution in [1.82, 2.24) is 0 Å². The van der Waals surface area contributed by atoms with E-state index in [1.807, 2.05) is 32.0 Å². The van der Waals surface area contributed by atoms with Crippen molar-refractivity contribution >= 4 is 40.0 Å². The number of fused-ring (bicyclic) bond motifs is 1. The second-order valence-corrected chi connectivity index (χ2v) is 7.23. The Kier molecular flexibility index (Phi) is 5.74. The first-order chi connectivity index (χ1) is 13.4. The minimum absolute atomic E-state index is 0.00328. The monoisotopic (exact) mass is 397 g/mol. The number of aryl methyl sites for hydroxylation is 2. The second kappa shape index (κ2) is 8.22. The lowest BCUT2D eigenvalue weighted by atomic mass is 10.1. The van der Waals surface area contributed by atoms with Crippen LogP contribution in [0.3, 0.4) is 0 Å². The van der Waals surface area contributed by atoms with E-state index in [2.05, 4.69) is 10.5 Å². The summed E-state index contributed by atoms with van der Waals surface area (Å²) >= 11 is 0.987. The lowest BCUT2D eigenvalue weighted by Crippen LogP contribution is -2.25. The Morgan fingerprint density at radius 3 is 2.82 bits per heavy atom. The molecule has 28 heavy (non-hydrogen) atoms. The van der Waals surface area contributed by atoms with Crippen molar-refractivity contribution in [2.24, 2.45) is 5.22 Å². The molecule has 2 aromatic carbocycles. The van der Waals surface area contributed by atoms with Crippen molar-refractivity contribution in [3.05, 3.63) is 53.1 Å². The van der Waals surface area contributed by atoms with Gasteiger partial charge in [-0.3, -0.25) is 15.0 Å². The first kappa shape index (κ1) is 19.6. The molecule has 144 valence electrons. The van der Waals surface area contributed by atoms with Crippen molar-refractivity contribution in [1.29, 1.82) is 10.9 Å². The Labute approximate surface area is 166 Å². The van der Waals surface area contributed by atoms with Gasteiger partial charge in [0.1, 0.15) is 5.75 Å². The molecule has 8 nitrogen and oxygen atoms in total. The van der Waals surface area contributed by atoms with Crippen LogP contribution in [0.4, 0.5) is 11.4 Å². The maximum atomic E-state index is 12.5. The quantitative estimate of drug-likeness (QED) is 0.232. The Balaban J connectivity index is 1.69. The smallest absolute Gasteiger partial charge is 0.262 e. The molecule has 0 saturated carbocycles. The number of hydrogen-bond acceptors (Lipinski definition) is 7. The number of carbonyl (C=O) groups excluding carboxylic acids is 2. The summed E-state index contributed by atoms with van der Waals surface area (Å²) in [7, 11) is 0. The Bertz CT molecular complexity index is 976. The highest BCUT2D eigenvalue weighted by Gasteiger charge is 2.20. The normalized spacial score (nSPS) is 12.4. The third kappa shape index (κ3) is 4.20. The van der Waals surface area contributed by atoms with Crippen molar-refractivity contribution in [2.45, 2.75) is 13.8 Å². The van der Waals surface area contributed by atoms with Crippen LogP contribution in [0.25, 0.3) is 0 Å². The van der Waals surface area contributed by atoms with Crippen LogP contribution >= 0.6 is 11.8 Å². The van der Waals surface area contributed by atoms with Gasteiger partial charge in [-0.2, -0.15) is 10.5 Å². The molecule has 3 N–H and O–H groups in total. The molecule has 3 rings (SSSR count). The maximum absolute atomic E-state index is 12.5. The van der Waals surface area contributed by atoms with E-state index in [0.717, 1.165) is 22.9 Å². The van der Waals surface area contributed by atoms with Crippen molar-refractivity contribution in [2.75, 3.05) is 22.7 Å². The summed E-state index contributed by atoms with van der Waals surface area (Å²) in [6.45, 7) is 3.75. The van der Waals surface area contributed by atoms with E-state index in [-0.39, 0.29) is 29.2 Å². The van der Waals surface area contributed by atoms with Crippen LogP contribution in [0, 0.1) is 24.8 Å². The number of anilines is 2. The molecular formula is C19H19N5O3S. The Hall–Kier alpha value is -3.20. The number of carbonyl (C=O) groups is 2. The summed E-state index contributed by atoms with van der Waals surface area (Å²) in [5, 5.41) is 15.5. The number of Topliss-reactive ketones (excluding diaryl/α,β-unsaturated/α-hetero) is 1. The average molecular weight is 397 g/mol. The molecule has 9 heteroatoms. The van der Waals surface area contributed by atoms with E-state index < -0.39 is 0 Å². The van der Waals surface area contributed by atoms with Gasteiger partial charge in [0.15, 0.2) is 17.6 Å². The summed E-state index contributed by atoms with van der Waals surface area (Å²) < 4.78 is 5.28. The SMILES string of the molecule is Cc1ccc(C)c(N(N=N)C(=N)SCC(=O)c2ccc3c(c2)NC(=O)CO3)c1. The average Bonchev–Trinajstić information content (AvgIpc) is 2.68. The zero-order chi connectivity index (χ0) is 20.3. The predicted molar refractivity (Wildman–Crippen MR) is 109 cm³/mol. The van der Waals surface area contributed by atoms with Crippen molar-refractivity contribution in [3.63, 3.8) is 0 Å². The lowest BCUT2D eigenvalue weighted by Gasteiger charge is -2.20. The number of amides is 1. The van der Waals surface area contributed by atoms with Crippen LogP contribution in [0.1, 0.15) is 21.5 Å². The molecule has 0 unspecified atom stereocenters. The topological polar surface area (TPSA) is 119 Å². The van der Waals surface area contributed by atoms with Gasteiger partial charge in [0.05, 0.1) is 17.1 Å². The van der Waals surface area contributed by atoms with E-state index >= 15 is 0 Å². The van der Waals surface area contributed by atoms with Crippen LogP contribution in [0.15, 0.2) is 41.6 Å². The molecule has 0 spiro atoms. The standard InChI is InChI=1S/C19H19N5O3S/c1-11-3-4-12(2)15(7-11)24(23-21)19(20)28-10-16(25)13-5-6-17-14(8-13)22-18(26)9-27-17/h3-8,20-21H,9-10H2,1-2H3,(H,22,26). The van der Waals surface area contributed by atoms with E-state index in [0.29, 0.717) is 22.7 Å². The molecule has 1 aliphatic rings. The number of nitrogens with one attached hydrogen (secondary N) is 3. The number of nitrogens with zero attached hydrogens (tertiary/aromatic N) is 2. The minimum atomic E-state index is -0.269. The molecule has 1 amide bonds. The van der Waals surface area contributed by atoms with Crippen LogP contribution in [0.5, 0.6) is 5.75 Å². The molecule has 0 aliphatic carbocycles. The minimum Gasteiger partial charge on any atom is -0.482 e. The molecule has 1 aliphatic heterocycles. The third-order valence-electron chi connectivity index (χ3n) is 4.16. The largest absolute Gasteiger partial charge is 0.482 e. The van der Waals surface area contributed by atoms with Gasteiger partial charge in [0.25, 0.3) is 5.91 Å². The van der Waals surface area contributed by atoms with Crippen LogP contribution in [-0.2, 0) is 4.79 Å². The van der Waals surface area contributed by atoms with Gasteiger partial charge in [-0.1, -0.05) is 29.1 Å². The fourth-order valence-corrected chi connectivity index (χ4v) is 3.39. The highest BCUT2D eigenvalue weighted by Crippen LogP contribution is 2.29. The Morgan fingerprint density at radius 2 is 2.07 bits per heavy atom. The molecule has 0 atom stereocenters. The molecule has 0 bridgehead atoms. The van der Waals surface area contributed by atoms with Crippen LogP contribution < -0.4 is 15.1 Å². The van der Waals surface area contributed by atoms with Crippen LogP contribution in [-0.4, -0.2) is 29.2 Å². The number of amidine groups is 1. The molecule has 2 aromatic rings. The second-order valence-electron chi connectivity index (χ2n) is 6.27. The van der Waals surface area contributed by atoms with Gasteiger partial charge < -0.3 is 10.1 Å². The number of rotatable bonds is 5. The first-order valence-corrected chi connectivity index (χ1v) is 9.43. The van der Waals surface area contributed by atoms with Gasteiger partial charge in [0.2, 0.25) is 0 Å². The predicted octanol–water partition coefficient (Wildman–Crippen LogP) is 3.94. The van der Waals surface area contributed by atoms with Gasteiger partial charge in [-0.15, -0.1) is 0 Å². The van der Waals surface area contributed by atoms with Gasteiger partial charge in [-0.05, 0) is 49.2 Å². The number of ketones is 1. The molecule has 1 heterocycles. The fraction of sp³-hybridized carbons (Fsp3) is 0.211. The highest BCUT2D eigenvalue weighted by molar-refractivity contribution is 8.14. The summed E-state index contributed by atoms with van der Waals surface area (Å²) in [5.41, 5.74) is 10.8. The lowest BCUT2D eigenvalue weighted by molar-refractivity contribution is -0.118. The summed E-state index contributed by atoms with van der Waals surface area (Å²) in [6, 6.07) is 10.5. The molecule has 0 saturated heterocycles. The Morgan fingerprint density at radius 1 is 1.29 bits per heavy atom. The molecule has 0 radical (unpaired) electrons. The molecular weight excluding hydrogens is 378 g/mol. The van der Waals surface area contributed by atoms with Crippen molar-refractivity contribution in [3.8, 4) is 5.75 Å². The number of ether oxygens (including phenoxy) is 1. The van der Waals surface area contributed by atoms with E-state index in [1.165, 1.54) is 5.01 Å². The maximum Gasteiger partial charge on any atom is 0.262 e. The third-order valence-corrected chi connectivity index (χ3v) is 5.01. The van der Waals surface area contributed by atoms with E-state index in [9.17, 15) is 9.59 Å². The van der Waals surface area contributed by atoms with E-state index in [1.54, 1.807) is 18.2 Å². The summed E-state index contributed by atoms with van der Waals surface area (Å²) in [4.78, 5) is 23.9. The highest BCUT2D eigenvalue weighted by atomic mass is 32.2. The van der Waals surface area contributed by atoms with Crippen molar-refractivity contribution < 1.29 is 14.3 Å². The van der Waals surface area contributed by atoms with Gasteiger partial charge in [-0.25, -0.2) is 0 Å². The van der Waals surface area contributed by atoms with Gasteiger partial charge >= 0.3 is 0 Å². The molecule has 0 aromatic heterocycles. The number of thioether (sulfide) groups is 1. The fourth-order valence-electron chi connectivity index (χ4n) is 2.69. The number of hydrogen-bond donors (Lipinski definition) is 3. The molecule has 0 fully saturated rings. The van der Waals surface area contributed by atoms with Crippen LogP contribution in [0.2, 0.25) is 0 Å².